The number of benzene rings is 2. The fraction of sp³-hybridized carbons (Fsp3) is 0.0526. The zero-order valence-corrected chi connectivity index (χ0v) is 13.5. The third-order valence-electron chi connectivity index (χ3n) is 3.20. The zero-order valence-electron chi connectivity index (χ0n) is 12.7. The van der Waals surface area contributed by atoms with Crippen molar-refractivity contribution in [2.24, 2.45) is 0 Å². The molecule has 5 heteroatoms. The first-order chi connectivity index (χ1) is 11.7. The van der Waals surface area contributed by atoms with Crippen LogP contribution in [0, 0.1) is 5.82 Å². The molecular formula is C19H14FNO2S. The second-order valence-electron chi connectivity index (χ2n) is 5.01. The molecule has 0 radical (unpaired) electrons. The number of ether oxygens (including phenoxy) is 1. The predicted molar refractivity (Wildman–Crippen MR) is 92.8 cm³/mol. The van der Waals surface area contributed by atoms with E-state index in [-0.39, 0.29) is 12.4 Å². The van der Waals surface area contributed by atoms with E-state index in [0.29, 0.717) is 11.3 Å². The van der Waals surface area contributed by atoms with Crippen LogP contribution in [0.2, 0.25) is 0 Å². The Bertz CT molecular complexity index is 859. The van der Waals surface area contributed by atoms with Gasteiger partial charge in [0.1, 0.15) is 17.4 Å². The lowest BCUT2D eigenvalue weighted by Gasteiger charge is -1.99. The molecule has 0 spiro atoms. The van der Waals surface area contributed by atoms with Gasteiger partial charge in [0, 0.05) is 17.0 Å². The predicted octanol–water partition coefficient (Wildman–Crippen LogP) is 4.71. The molecule has 1 aromatic heterocycles. The van der Waals surface area contributed by atoms with Gasteiger partial charge in [0.05, 0.1) is 5.69 Å². The fourth-order valence-electron chi connectivity index (χ4n) is 2.05. The second-order valence-corrected chi connectivity index (χ2v) is 5.86. The summed E-state index contributed by atoms with van der Waals surface area (Å²) < 4.78 is 18.2. The fourth-order valence-corrected chi connectivity index (χ4v) is 2.86. The van der Waals surface area contributed by atoms with Crippen LogP contribution in [0.3, 0.4) is 0 Å². The first-order valence-corrected chi connectivity index (χ1v) is 8.19. The molecule has 3 rings (SSSR count). The third kappa shape index (κ3) is 4.36. The van der Waals surface area contributed by atoms with Gasteiger partial charge in [0.25, 0.3) is 0 Å². The molecule has 0 fully saturated rings. The van der Waals surface area contributed by atoms with Gasteiger partial charge in [-0.25, -0.2) is 14.2 Å². The van der Waals surface area contributed by atoms with Gasteiger partial charge in [-0.15, -0.1) is 11.3 Å². The minimum Gasteiger partial charge on any atom is -0.456 e. The number of nitrogens with zero attached hydrogens (tertiary/aromatic N) is 1. The summed E-state index contributed by atoms with van der Waals surface area (Å²) in [4.78, 5) is 16.2. The van der Waals surface area contributed by atoms with Gasteiger partial charge < -0.3 is 4.74 Å². The van der Waals surface area contributed by atoms with Crippen LogP contribution in [0.25, 0.3) is 16.6 Å². The van der Waals surface area contributed by atoms with Crippen LogP contribution in [-0.4, -0.2) is 11.0 Å². The summed E-state index contributed by atoms with van der Waals surface area (Å²) in [6.45, 7) is 0.107. The number of carbonyl (C=O) groups excluding carboxylic acids is 1. The van der Waals surface area contributed by atoms with Gasteiger partial charge in [0.15, 0.2) is 0 Å². The van der Waals surface area contributed by atoms with Crippen LogP contribution in [-0.2, 0) is 16.1 Å². The zero-order chi connectivity index (χ0) is 16.8. The van der Waals surface area contributed by atoms with Gasteiger partial charge in [0.2, 0.25) is 0 Å². The average molecular weight is 339 g/mol. The number of carbonyl (C=O) groups is 1. The number of halogens is 1. The standard InChI is InChI=1S/C19H14FNO2S/c20-16-8-4-5-14(11-16)9-10-18(22)23-12-17-13-24-19(21-17)15-6-2-1-3-7-15/h1-11,13H,12H2. The SMILES string of the molecule is O=C(C=Cc1cccc(F)c1)OCc1csc(-c2ccccc2)n1. The van der Waals surface area contributed by atoms with E-state index in [1.54, 1.807) is 12.1 Å². The van der Waals surface area contributed by atoms with Crippen molar-refractivity contribution in [2.75, 3.05) is 0 Å². The Balaban J connectivity index is 1.56. The molecule has 0 atom stereocenters. The second kappa shape index (κ2) is 7.66. The summed E-state index contributed by atoms with van der Waals surface area (Å²) in [7, 11) is 0. The quantitative estimate of drug-likeness (QED) is 0.499. The Hall–Kier alpha value is -2.79. The first-order valence-electron chi connectivity index (χ1n) is 7.31. The van der Waals surface area contributed by atoms with Crippen LogP contribution < -0.4 is 0 Å². The molecule has 0 aliphatic carbocycles. The highest BCUT2D eigenvalue weighted by atomic mass is 32.1. The lowest BCUT2D eigenvalue weighted by Crippen LogP contribution is -2.00. The molecule has 120 valence electrons. The summed E-state index contributed by atoms with van der Waals surface area (Å²) in [5.74, 6) is -0.838. The molecule has 0 amide bonds. The van der Waals surface area contributed by atoms with E-state index in [2.05, 4.69) is 4.98 Å². The molecule has 0 aliphatic rings. The van der Waals surface area contributed by atoms with Crippen molar-refractivity contribution in [1.82, 2.24) is 4.98 Å². The van der Waals surface area contributed by atoms with E-state index < -0.39 is 5.97 Å². The van der Waals surface area contributed by atoms with E-state index in [0.717, 1.165) is 10.6 Å². The highest BCUT2D eigenvalue weighted by Crippen LogP contribution is 2.23. The monoisotopic (exact) mass is 339 g/mol. The van der Waals surface area contributed by atoms with Crippen LogP contribution in [0.15, 0.2) is 66.1 Å². The highest BCUT2D eigenvalue weighted by Gasteiger charge is 2.06. The minimum absolute atomic E-state index is 0.107. The maximum absolute atomic E-state index is 13.0. The van der Waals surface area contributed by atoms with Crippen molar-refractivity contribution in [3.8, 4) is 10.6 Å². The van der Waals surface area contributed by atoms with Crippen molar-refractivity contribution >= 4 is 23.4 Å². The largest absolute Gasteiger partial charge is 0.456 e. The highest BCUT2D eigenvalue weighted by molar-refractivity contribution is 7.13. The summed E-state index contributed by atoms with van der Waals surface area (Å²) in [5.41, 5.74) is 2.34. The number of rotatable bonds is 5. The molecule has 3 aromatic rings. The lowest BCUT2D eigenvalue weighted by molar-refractivity contribution is -0.139. The molecule has 0 unspecified atom stereocenters. The maximum atomic E-state index is 13.0. The topological polar surface area (TPSA) is 39.2 Å². The van der Waals surface area contributed by atoms with Gasteiger partial charge in [-0.05, 0) is 23.8 Å². The molecule has 24 heavy (non-hydrogen) atoms. The lowest BCUT2D eigenvalue weighted by atomic mass is 10.2. The molecular weight excluding hydrogens is 325 g/mol. The van der Waals surface area contributed by atoms with Gasteiger partial charge in [-0.1, -0.05) is 42.5 Å². The molecule has 2 aromatic carbocycles. The molecule has 3 nitrogen and oxygen atoms in total. The van der Waals surface area contributed by atoms with Gasteiger partial charge in [-0.3, -0.25) is 0 Å². The Labute approximate surface area is 143 Å². The van der Waals surface area contributed by atoms with Crippen LogP contribution in [0.1, 0.15) is 11.3 Å². The average Bonchev–Trinajstić information content (AvgIpc) is 3.08. The van der Waals surface area contributed by atoms with Crippen LogP contribution in [0.5, 0.6) is 0 Å². The van der Waals surface area contributed by atoms with Crippen molar-refractivity contribution in [3.63, 3.8) is 0 Å². The number of thiazole rings is 1. The number of hydrogen-bond donors (Lipinski definition) is 0. The summed E-state index contributed by atoms with van der Waals surface area (Å²) in [5, 5.41) is 2.75. The third-order valence-corrected chi connectivity index (χ3v) is 4.14. The molecule has 0 saturated heterocycles. The van der Waals surface area contributed by atoms with Crippen molar-refractivity contribution in [3.05, 3.63) is 83.1 Å². The van der Waals surface area contributed by atoms with Gasteiger partial charge >= 0.3 is 5.97 Å². The van der Waals surface area contributed by atoms with E-state index in [9.17, 15) is 9.18 Å². The Morgan fingerprint density at radius 2 is 2.00 bits per heavy atom. The molecule has 0 bridgehead atoms. The number of aromatic nitrogens is 1. The van der Waals surface area contributed by atoms with E-state index in [4.69, 9.17) is 4.74 Å². The number of esters is 1. The van der Waals surface area contributed by atoms with Crippen LogP contribution >= 0.6 is 11.3 Å². The van der Waals surface area contributed by atoms with Crippen molar-refractivity contribution in [1.29, 1.82) is 0 Å². The molecule has 0 saturated carbocycles. The summed E-state index contributed by atoms with van der Waals surface area (Å²) >= 11 is 1.50. The Morgan fingerprint density at radius 3 is 2.79 bits per heavy atom. The van der Waals surface area contributed by atoms with E-state index in [1.165, 1.54) is 35.6 Å². The van der Waals surface area contributed by atoms with Crippen molar-refractivity contribution < 1.29 is 13.9 Å². The Morgan fingerprint density at radius 1 is 1.17 bits per heavy atom. The molecule has 1 heterocycles. The van der Waals surface area contributed by atoms with Crippen molar-refractivity contribution in [2.45, 2.75) is 6.61 Å². The summed E-state index contributed by atoms with van der Waals surface area (Å²) in [6, 6.07) is 15.8. The molecule has 0 aliphatic heterocycles. The van der Waals surface area contributed by atoms with E-state index >= 15 is 0 Å². The van der Waals surface area contributed by atoms with Crippen LogP contribution in [0.4, 0.5) is 4.39 Å². The summed E-state index contributed by atoms with van der Waals surface area (Å²) in [6.07, 6.45) is 2.79. The van der Waals surface area contributed by atoms with E-state index in [1.807, 2.05) is 35.7 Å². The molecule has 0 N–H and O–H groups in total. The normalized spacial score (nSPS) is 10.9. The Kier molecular flexibility index (Phi) is 5.13. The first kappa shape index (κ1) is 16.1. The maximum Gasteiger partial charge on any atom is 0.331 e. The smallest absolute Gasteiger partial charge is 0.331 e. The van der Waals surface area contributed by atoms with Gasteiger partial charge in [-0.2, -0.15) is 0 Å². The minimum atomic E-state index is -0.492. The number of hydrogen-bond acceptors (Lipinski definition) is 4.